The van der Waals surface area contributed by atoms with Gasteiger partial charge in [-0.2, -0.15) is 0 Å². The molecule has 7 heteroatoms. The lowest BCUT2D eigenvalue weighted by Gasteiger charge is -2.33. The fourth-order valence-electron chi connectivity index (χ4n) is 2.91. The number of nitrogens with one attached hydrogen (secondary N) is 1. The Balaban J connectivity index is 1.53. The number of hydrogen-bond donors (Lipinski definition) is 1. The lowest BCUT2D eigenvalue weighted by Crippen LogP contribution is -2.48. The smallest absolute Gasteiger partial charge is 0.274 e. The zero-order valence-corrected chi connectivity index (χ0v) is 15.3. The number of anilines is 1. The molecule has 0 aliphatic carbocycles. The average molecular weight is 355 g/mol. The van der Waals surface area contributed by atoms with E-state index in [4.69, 9.17) is 4.74 Å². The fourth-order valence-corrected chi connectivity index (χ4v) is 2.91. The fraction of sp³-hybridized carbons (Fsp3) is 0.421. The normalized spacial score (nSPS) is 14.9. The molecule has 0 bridgehead atoms. The van der Waals surface area contributed by atoms with Gasteiger partial charge >= 0.3 is 0 Å². The van der Waals surface area contributed by atoms with E-state index in [1.54, 1.807) is 19.2 Å². The van der Waals surface area contributed by atoms with Gasteiger partial charge in [0.2, 0.25) is 0 Å². The number of amides is 1. The van der Waals surface area contributed by atoms with Crippen LogP contribution in [0.3, 0.4) is 0 Å². The van der Waals surface area contributed by atoms with Crippen LogP contribution in [0.1, 0.15) is 23.0 Å². The summed E-state index contributed by atoms with van der Waals surface area (Å²) in [5, 5.41) is 11.4. The molecule has 26 heavy (non-hydrogen) atoms. The monoisotopic (exact) mass is 355 g/mol. The van der Waals surface area contributed by atoms with Crippen molar-refractivity contribution < 1.29 is 9.53 Å². The largest absolute Gasteiger partial charge is 0.497 e. The van der Waals surface area contributed by atoms with Crippen LogP contribution in [0.2, 0.25) is 0 Å². The van der Waals surface area contributed by atoms with Crippen molar-refractivity contribution in [3.8, 4) is 5.75 Å². The van der Waals surface area contributed by atoms with Gasteiger partial charge in [-0.25, -0.2) is 0 Å². The first-order chi connectivity index (χ1) is 12.7. The summed E-state index contributed by atoms with van der Waals surface area (Å²) in [6.45, 7) is 7.11. The number of aromatic nitrogens is 2. The summed E-state index contributed by atoms with van der Waals surface area (Å²) >= 11 is 0. The highest BCUT2D eigenvalue weighted by Gasteiger charge is 2.22. The van der Waals surface area contributed by atoms with Crippen molar-refractivity contribution in [2.45, 2.75) is 13.5 Å². The van der Waals surface area contributed by atoms with E-state index in [-0.39, 0.29) is 5.91 Å². The Morgan fingerprint density at radius 1 is 1.08 bits per heavy atom. The molecule has 2 heterocycles. The minimum atomic E-state index is -0.0463. The van der Waals surface area contributed by atoms with E-state index in [1.807, 2.05) is 29.2 Å². The van der Waals surface area contributed by atoms with Crippen molar-refractivity contribution in [1.29, 1.82) is 0 Å². The number of carbonyl (C=O) groups excluding carboxylic acids is 1. The summed E-state index contributed by atoms with van der Waals surface area (Å²) < 4.78 is 5.15. The molecule has 1 N–H and O–H groups in total. The Labute approximate surface area is 154 Å². The van der Waals surface area contributed by atoms with E-state index in [2.05, 4.69) is 27.3 Å². The number of hydrogen-bond acceptors (Lipinski definition) is 6. The highest BCUT2D eigenvalue weighted by atomic mass is 16.5. The predicted octanol–water partition coefficient (Wildman–Crippen LogP) is 1.87. The van der Waals surface area contributed by atoms with Gasteiger partial charge in [-0.3, -0.25) is 4.79 Å². The molecular weight excluding hydrogens is 330 g/mol. The lowest BCUT2D eigenvalue weighted by molar-refractivity contribution is 0.0636. The van der Waals surface area contributed by atoms with Crippen molar-refractivity contribution in [2.24, 2.45) is 0 Å². The maximum atomic E-state index is 12.5. The quantitative estimate of drug-likeness (QED) is 0.853. The van der Waals surface area contributed by atoms with Gasteiger partial charge < -0.3 is 19.9 Å². The van der Waals surface area contributed by atoms with E-state index in [1.165, 1.54) is 0 Å². The Bertz CT molecular complexity index is 710. The number of nitrogens with zero attached hydrogens (tertiary/aromatic N) is 4. The van der Waals surface area contributed by atoms with Crippen LogP contribution in [0.4, 0.5) is 5.82 Å². The second-order valence-electron chi connectivity index (χ2n) is 6.23. The van der Waals surface area contributed by atoms with Crippen molar-refractivity contribution in [3.05, 3.63) is 47.7 Å². The number of rotatable bonds is 6. The maximum Gasteiger partial charge on any atom is 0.274 e. The minimum Gasteiger partial charge on any atom is -0.497 e. The molecule has 0 unspecified atom stereocenters. The molecule has 1 aliphatic rings. The molecule has 1 aromatic carbocycles. The maximum absolute atomic E-state index is 12.5. The van der Waals surface area contributed by atoms with Crippen LogP contribution < -0.4 is 10.1 Å². The van der Waals surface area contributed by atoms with E-state index >= 15 is 0 Å². The number of benzene rings is 1. The van der Waals surface area contributed by atoms with Gasteiger partial charge in [0.25, 0.3) is 5.91 Å². The summed E-state index contributed by atoms with van der Waals surface area (Å²) in [5.74, 6) is 1.43. The third-order valence-electron chi connectivity index (χ3n) is 4.62. The van der Waals surface area contributed by atoms with Gasteiger partial charge in [0, 0.05) is 32.7 Å². The van der Waals surface area contributed by atoms with Crippen LogP contribution in [0.15, 0.2) is 36.4 Å². The predicted molar refractivity (Wildman–Crippen MR) is 100 cm³/mol. The molecule has 1 saturated heterocycles. The molecule has 1 amide bonds. The zero-order chi connectivity index (χ0) is 18.4. The minimum absolute atomic E-state index is 0.0463. The first kappa shape index (κ1) is 18.1. The Hall–Kier alpha value is -2.67. The molecule has 138 valence electrons. The summed E-state index contributed by atoms with van der Waals surface area (Å²) in [5.41, 5.74) is 1.51. The molecule has 0 saturated carbocycles. The lowest BCUT2D eigenvalue weighted by atomic mass is 10.2. The van der Waals surface area contributed by atoms with Crippen LogP contribution in [-0.2, 0) is 6.54 Å². The molecule has 0 radical (unpaired) electrons. The SMILES string of the molecule is CCN1CCN(C(=O)c2ccc(NCc3ccc(OC)cc3)nn2)CC1. The van der Waals surface area contributed by atoms with Crippen molar-refractivity contribution in [2.75, 3.05) is 45.2 Å². The summed E-state index contributed by atoms with van der Waals surface area (Å²) in [6, 6.07) is 11.4. The van der Waals surface area contributed by atoms with Gasteiger partial charge in [0.15, 0.2) is 5.69 Å². The molecule has 1 fully saturated rings. The average Bonchev–Trinajstić information content (AvgIpc) is 2.72. The number of ether oxygens (including phenoxy) is 1. The Morgan fingerprint density at radius 2 is 1.81 bits per heavy atom. The van der Waals surface area contributed by atoms with Crippen molar-refractivity contribution in [3.63, 3.8) is 0 Å². The van der Waals surface area contributed by atoms with Gasteiger partial charge in [0.05, 0.1) is 7.11 Å². The molecule has 1 aliphatic heterocycles. The van der Waals surface area contributed by atoms with E-state index in [0.717, 1.165) is 44.0 Å². The Morgan fingerprint density at radius 3 is 2.38 bits per heavy atom. The van der Waals surface area contributed by atoms with E-state index in [0.29, 0.717) is 18.1 Å². The number of likely N-dealkylation sites (N-methyl/N-ethyl adjacent to an activating group) is 1. The van der Waals surface area contributed by atoms with E-state index in [9.17, 15) is 4.79 Å². The van der Waals surface area contributed by atoms with E-state index < -0.39 is 0 Å². The number of methoxy groups -OCH3 is 1. The van der Waals surface area contributed by atoms with Gasteiger partial charge in [-0.1, -0.05) is 19.1 Å². The zero-order valence-electron chi connectivity index (χ0n) is 15.3. The highest BCUT2D eigenvalue weighted by Crippen LogP contribution is 2.13. The van der Waals surface area contributed by atoms with Crippen LogP contribution in [-0.4, -0.2) is 65.7 Å². The van der Waals surface area contributed by atoms with Gasteiger partial charge in [-0.05, 0) is 36.4 Å². The number of piperazine rings is 1. The second-order valence-corrected chi connectivity index (χ2v) is 6.23. The molecule has 0 spiro atoms. The molecule has 1 aromatic heterocycles. The second kappa shape index (κ2) is 8.62. The number of carbonyl (C=O) groups is 1. The summed E-state index contributed by atoms with van der Waals surface area (Å²) in [7, 11) is 1.65. The first-order valence-electron chi connectivity index (χ1n) is 8.91. The van der Waals surface area contributed by atoms with Gasteiger partial charge in [0.1, 0.15) is 11.6 Å². The van der Waals surface area contributed by atoms with Crippen molar-refractivity contribution >= 4 is 11.7 Å². The standard InChI is InChI=1S/C19H25N5O2/c1-3-23-10-12-24(13-11-23)19(25)17-8-9-18(22-21-17)20-14-15-4-6-16(26-2)7-5-15/h4-9H,3,10-14H2,1-2H3,(H,20,22). The molecule has 2 aromatic rings. The first-order valence-corrected chi connectivity index (χ1v) is 8.91. The third kappa shape index (κ3) is 4.49. The molecule has 0 atom stereocenters. The third-order valence-corrected chi connectivity index (χ3v) is 4.62. The molecule has 3 rings (SSSR count). The van der Waals surface area contributed by atoms with Crippen LogP contribution >= 0.6 is 0 Å². The topological polar surface area (TPSA) is 70.6 Å². The van der Waals surface area contributed by atoms with Crippen LogP contribution in [0.25, 0.3) is 0 Å². The Kier molecular flexibility index (Phi) is 6.01. The van der Waals surface area contributed by atoms with Crippen LogP contribution in [0.5, 0.6) is 5.75 Å². The highest BCUT2D eigenvalue weighted by molar-refractivity contribution is 5.92. The molecular formula is C19H25N5O2. The summed E-state index contributed by atoms with van der Waals surface area (Å²) in [4.78, 5) is 16.7. The van der Waals surface area contributed by atoms with Crippen LogP contribution in [0, 0.1) is 0 Å². The van der Waals surface area contributed by atoms with Gasteiger partial charge in [-0.15, -0.1) is 10.2 Å². The summed E-state index contributed by atoms with van der Waals surface area (Å²) in [6.07, 6.45) is 0. The van der Waals surface area contributed by atoms with Crippen molar-refractivity contribution in [1.82, 2.24) is 20.0 Å². The molecule has 7 nitrogen and oxygen atoms in total.